The number of rotatable bonds is 8. The van der Waals surface area contributed by atoms with Gasteiger partial charge in [-0.05, 0) is 43.2 Å². The summed E-state index contributed by atoms with van der Waals surface area (Å²) in [7, 11) is -0.504. The number of ketones is 1. The van der Waals surface area contributed by atoms with E-state index in [-0.39, 0.29) is 19.0 Å². The standard InChI is InChI=1S/C25H32O7Si/c1-7-30-23(27)20-14-16(2)21(26)22(32-15-17-8-10-18(29-3)11-9-17)25(20,28)19-12-13-31-24(19)33(4,5)6/h8-14,20,22,28H,7,15H2,1-6H3/t20-,22-,25+/m0/s1. The zero-order valence-electron chi connectivity index (χ0n) is 20.0. The Morgan fingerprint density at radius 2 is 1.85 bits per heavy atom. The number of hydrogen-bond acceptors (Lipinski definition) is 7. The van der Waals surface area contributed by atoms with Crippen molar-refractivity contribution >= 4 is 25.2 Å². The Kier molecular flexibility index (Phi) is 7.31. The molecule has 1 aromatic carbocycles. The number of furan rings is 1. The lowest BCUT2D eigenvalue weighted by Crippen LogP contribution is -2.59. The summed E-state index contributed by atoms with van der Waals surface area (Å²) in [6.07, 6.45) is 1.65. The van der Waals surface area contributed by atoms with Crippen molar-refractivity contribution in [2.75, 3.05) is 13.7 Å². The van der Waals surface area contributed by atoms with Gasteiger partial charge in [-0.3, -0.25) is 9.59 Å². The Morgan fingerprint density at radius 3 is 2.42 bits per heavy atom. The molecule has 1 heterocycles. The monoisotopic (exact) mass is 472 g/mol. The summed E-state index contributed by atoms with van der Waals surface area (Å²) >= 11 is 0. The van der Waals surface area contributed by atoms with Gasteiger partial charge in [-0.25, -0.2) is 0 Å². The Balaban J connectivity index is 2.09. The lowest BCUT2D eigenvalue weighted by atomic mass is 9.71. The SMILES string of the molecule is CCOC(=O)[C@@H]1C=C(C)C(=O)[C@H](OCc2ccc(OC)cc2)[C@@]1(O)c1ccoc1[Si](C)(C)C. The zero-order valence-corrected chi connectivity index (χ0v) is 21.0. The zero-order chi connectivity index (χ0) is 24.4. The molecule has 1 N–H and O–H groups in total. The minimum Gasteiger partial charge on any atom is -0.497 e. The van der Waals surface area contributed by atoms with Gasteiger partial charge >= 0.3 is 5.97 Å². The number of benzene rings is 1. The highest BCUT2D eigenvalue weighted by atomic mass is 28.3. The van der Waals surface area contributed by atoms with Crippen LogP contribution in [0.5, 0.6) is 5.75 Å². The number of carbonyl (C=O) groups excluding carboxylic acids is 2. The number of methoxy groups -OCH3 is 1. The molecule has 1 aromatic heterocycles. The number of esters is 1. The van der Waals surface area contributed by atoms with E-state index >= 15 is 0 Å². The van der Waals surface area contributed by atoms with Gasteiger partial charge in [0.25, 0.3) is 0 Å². The molecule has 8 heteroatoms. The van der Waals surface area contributed by atoms with E-state index in [1.807, 2.05) is 12.1 Å². The maximum absolute atomic E-state index is 13.3. The first-order valence-corrected chi connectivity index (χ1v) is 14.5. The van der Waals surface area contributed by atoms with Crippen molar-refractivity contribution in [2.45, 2.75) is 51.8 Å². The molecule has 7 nitrogen and oxygen atoms in total. The lowest BCUT2D eigenvalue weighted by molar-refractivity contribution is -0.181. The Bertz CT molecular complexity index is 1030. The van der Waals surface area contributed by atoms with Gasteiger partial charge in [0.2, 0.25) is 0 Å². The summed E-state index contributed by atoms with van der Waals surface area (Å²) in [5, 5.41) is 12.8. The van der Waals surface area contributed by atoms with Crippen LogP contribution in [0.1, 0.15) is 25.0 Å². The van der Waals surface area contributed by atoms with E-state index in [9.17, 15) is 14.7 Å². The quantitative estimate of drug-likeness (QED) is 0.465. The molecule has 33 heavy (non-hydrogen) atoms. The minimum atomic E-state index is -2.09. The molecular formula is C25H32O7Si. The van der Waals surface area contributed by atoms with Crippen molar-refractivity contribution in [1.82, 2.24) is 0 Å². The average molecular weight is 473 g/mol. The number of carbonyl (C=O) groups is 2. The largest absolute Gasteiger partial charge is 0.497 e. The third-order valence-corrected chi connectivity index (χ3v) is 7.56. The van der Waals surface area contributed by atoms with Crippen molar-refractivity contribution in [1.29, 1.82) is 0 Å². The molecule has 0 saturated heterocycles. The first-order valence-electron chi connectivity index (χ1n) is 11.0. The number of hydrogen-bond donors (Lipinski definition) is 1. The van der Waals surface area contributed by atoms with Gasteiger partial charge < -0.3 is 23.7 Å². The van der Waals surface area contributed by atoms with E-state index in [2.05, 4.69) is 19.6 Å². The van der Waals surface area contributed by atoms with Crippen LogP contribution in [0, 0.1) is 5.92 Å². The fourth-order valence-corrected chi connectivity index (χ4v) is 5.64. The summed E-state index contributed by atoms with van der Waals surface area (Å²) in [6, 6.07) is 8.86. The van der Waals surface area contributed by atoms with Crippen molar-refractivity contribution in [3.05, 3.63) is 59.4 Å². The maximum atomic E-state index is 13.3. The lowest BCUT2D eigenvalue weighted by Gasteiger charge is -2.42. The summed E-state index contributed by atoms with van der Waals surface area (Å²) in [5.74, 6) is -1.42. The molecule has 3 atom stereocenters. The van der Waals surface area contributed by atoms with Crippen molar-refractivity contribution in [3.8, 4) is 5.75 Å². The molecule has 3 rings (SSSR count). The molecule has 0 amide bonds. The van der Waals surface area contributed by atoms with Gasteiger partial charge in [0.1, 0.15) is 25.3 Å². The number of Topliss-reactive ketones (excluding diaryl/α,β-unsaturated/α-hetero) is 1. The molecule has 1 aliphatic carbocycles. The normalized spacial score (nSPS) is 23.2. The van der Waals surface area contributed by atoms with Gasteiger partial charge in [0.05, 0.1) is 32.0 Å². The van der Waals surface area contributed by atoms with Crippen LogP contribution in [-0.4, -0.2) is 44.8 Å². The van der Waals surface area contributed by atoms with Crippen LogP contribution in [0.15, 0.2) is 52.7 Å². The van der Waals surface area contributed by atoms with E-state index < -0.39 is 31.7 Å². The third-order valence-electron chi connectivity index (χ3n) is 5.81. The second kappa shape index (κ2) is 9.67. The Labute approximate surface area is 195 Å². The second-order valence-corrected chi connectivity index (χ2v) is 14.2. The van der Waals surface area contributed by atoms with E-state index in [0.29, 0.717) is 22.3 Å². The first kappa shape index (κ1) is 24.9. The second-order valence-electron chi connectivity index (χ2n) is 9.22. The highest BCUT2D eigenvalue weighted by Crippen LogP contribution is 2.42. The van der Waals surface area contributed by atoms with Crippen molar-refractivity contribution in [2.24, 2.45) is 5.92 Å². The summed E-state index contributed by atoms with van der Waals surface area (Å²) in [4.78, 5) is 26.3. The van der Waals surface area contributed by atoms with E-state index in [4.69, 9.17) is 18.6 Å². The number of aliphatic hydroxyl groups is 1. The third kappa shape index (κ3) is 4.83. The van der Waals surface area contributed by atoms with Gasteiger partial charge in [-0.1, -0.05) is 37.8 Å². The summed E-state index contributed by atoms with van der Waals surface area (Å²) in [5.41, 5.74) is -0.437. The molecule has 1 aliphatic rings. The summed E-state index contributed by atoms with van der Waals surface area (Å²) in [6.45, 7) is 9.73. The molecule has 0 fully saturated rings. The Morgan fingerprint density at radius 1 is 1.18 bits per heavy atom. The van der Waals surface area contributed by atoms with E-state index in [1.165, 1.54) is 12.3 Å². The molecule has 0 unspecified atom stereocenters. The molecule has 0 bridgehead atoms. The van der Waals surface area contributed by atoms with Gasteiger partial charge in [0, 0.05) is 5.56 Å². The van der Waals surface area contributed by atoms with Crippen molar-refractivity contribution < 1.29 is 33.3 Å². The topological polar surface area (TPSA) is 95.2 Å². The van der Waals surface area contributed by atoms with E-state index in [0.717, 1.165) is 5.56 Å². The molecule has 0 spiro atoms. The number of ether oxygens (including phenoxy) is 3. The highest BCUT2D eigenvalue weighted by Gasteiger charge is 2.57. The van der Waals surface area contributed by atoms with Gasteiger partial charge in [-0.2, -0.15) is 0 Å². The Hall–Kier alpha value is -2.68. The van der Waals surface area contributed by atoms with E-state index in [1.54, 1.807) is 39.2 Å². The van der Waals surface area contributed by atoms with Crippen LogP contribution in [0.25, 0.3) is 0 Å². The van der Waals surface area contributed by atoms with Crippen LogP contribution < -0.4 is 10.1 Å². The van der Waals surface area contributed by atoms with Gasteiger partial charge in [-0.15, -0.1) is 0 Å². The fraction of sp³-hybridized carbons (Fsp3) is 0.440. The smallest absolute Gasteiger partial charge is 0.316 e. The maximum Gasteiger partial charge on any atom is 0.316 e. The highest BCUT2D eigenvalue weighted by molar-refractivity contribution is 6.88. The van der Waals surface area contributed by atoms with Crippen LogP contribution in [0.2, 0.25) is 19.6 Å². The molecule has 0 saturated carbocycles. The van der Waals surface area contributed by atoms with Crippen LogP contribution in [0.3, 0.4) is 0 Å². The molecular weight excluding hydrogens is 440 g/mol. The van der Waals surface area contributed by atoms with Gasteiger partial charge in [0.15, 0.2) is 11.9 Å². The predicted molar refractivity (Wildman–Crippen MR) is 126 cm³/mol. The average Bonchev–Trinajstić information content (AvgIpc) is 3.28. The first-order chi connectivity index (χ1) is 15.5. The predicted octanol–water partition coefficient (Wildman–Crippen LogP) is 3.31. The molecule has 0 aliphatic heterocycles. The van der Waals surface area contributed by atoms with Crippen LogP contribution in [0.4, 0.5) is 0 Å². The van der Waals surface area contributed by atoms with Crippen LogP contribution >= 0.6 is 0 Å². The van der Waals surface area contributed by atoms with Crippen LogP contribution in [-0.2, 0) is 31.3 Å². The molecule has 2 aromatic rings. The molecule has 178 valence electrons. The van der Waals surface area contributed by atoms with Crippen molar-refractivity contribution in [3.63, 3.8) is 0 Å². The minimum absolute atomic E-state index is 0.0612. The fourth-order valence-electron chi connectivity index (χ4n) is 4.13. The molecule has 0 radical (unpaired) electrons. The summed E-state index contributed by atoms with van der Waals surface area (Å²) < 4.78 is 22.3.